The molecule has 0 aliphatic heterocycles. The summed E-state index contributed by atoms with van der Waals surface area (Å²) in [6, 6.07) is 13.4. The second-order valence-electron chi connectivity index (χ2n) is 3.43. The van der Waals surface area contributed by atoms with Crippen LogP contribution in [0.1, 0.15) is 0 Å². The molecule has 0 saturated carbocycles. The van der Waals surface area contributed by atoms with Crippen molar-refractivity contribution < 1.29 is 5.48 Å². The Morgan fingerprint density at radius 1 is 1.06 bits per heavy atom. The number of aromatic nitrogens is 1. The van der Waals surface area contributed by atoms with E-state index >= 15 is 0 Å². The van der Waals surface area contributed by atoms with E-state index in [0.717, 1.165) is 11.5 Å². The molecule has 2 aromatic rings. The van der Waals surface area contributed by atoms with Crippen molar-refractivity contribution in [2.75, 3.05) is 5.32 Å². The van der Waals surface area contributed by atoms with Crippen molar-refractivity contribution >= 4 is 23.2 Å². The van der Waals surface area contributed by atoms with E-state index in [4.69, 9.17) is 11.5 Å². The fourth-order valence-electron chi connectivity index (χ4n) is 1.34. The van der Waals surface area contributed by atoms with Crippen LogP contribution >= 0.6 is 0 Å². The van der Waals surface area contributed by atoms with Gasteiger partial charge in [-0.05, 0) is 24.3 Å². The molecule has 0 radical (unpaired) electrons. The lowest BCUT2D eigenvalue weighted by Crippen LogP contribution is -2.21. The van der Waals surface area contributed by atoms with Crippen molar-refractivity contribution in [3.8, 4) is 0 Å². The second kappa shape index (κ2) is 6.21. The molecule has 2 rings (SSSR count). The number of benzene rings is 1. The van der Waals surface area contributed by atoms with Gasteiger partial charge in [-0.15, -0.1) is 0 Å². The van der Waals surface area contributed by atoms with E-state index in [1.165, 1.54) is 0 Å². The van der Waals surface area contributed by atoms with Gasteiger partial charge in [0.25, 0.3) is 0 Å². The molecule has 7 N–H and O–H groups in total. The number of hydrogen-bond donors (Lipinski definition) is 3. The van der Waals surface area contributed by atoms with Gasteiger partial charge in [-0.2, -0.15) is 0 Å². The second-order valence-corrected chi connectivity index (χ2v) is 3.43. The third kappa shape index (κ3) is 3.76. The summed E-state index contributed by atoms with van der Waals surface area (Å²) in [6.07, 6.45) is 1.60. The van der Waals surface area contributed by atoms with Crippen LogP contribution in [0.15, 0.2) is 53.7 Å². The van der Waals surface area contributed by atoms with Gasteiger partial charge >= 0.3 is 0 Å². The number of nitrogens with one attached hydrogen (secondary N) is 1. The van der Waals surface area contributed by atoms with E-state index in [9.17, 15) is 0 Å². The van der Waals surface area contributed by atoms with Gasteiger partial charge in [-0.25, -0.2) is 9.98 Å². The average Bonchev–Trinajstić information content (AvgIpc) is 2.32. The monoisotopic (exact) mass is 245 g/mol. The lowest BCUT2D eigenvalue weighted by molar-refractivity contribution is 0.824. The van der Waals surface area contributed by atoms with Crippen LogP contribution < -0.4 is 16.8 Å². The van der Waals surface area contributed by atoms with Crippen LogP contribution in [0.5, 0.6) is 0 Å². The standard InChI is InChI=1S/C12H13N5.H2O/c13-12(14)17-10-6-7-11(15-8-10)16-9-4-2-1-3-5-9;/h1-8H,(H,15,16)(H4,13,14,17);1H2. The van der Waals surface area contributed by atoms with Crippen LogP contribution in [0.2, 0.25) is 0 Å². The molecular formula is C12H15N5O. The molecule has 6 nitrogen and oxygen atoms in total. The van der Waals surface area contributed by atoms with E-state index in [1.54, 1.807) is 12.3 Å². The van der Waals surface area contributed by atoms with Gasteiger partial charge in [0.2, 0.25) is 0 Å². The Balaban J connectivity index is 0.00000162. The molecule has 0 fully saturated rings. The summed E-state index contributed by atoms with van der Waals surface area (Å²) in [5.41, 5.74) is 12.2. The molecule has 0 aliphatic carbocycles. The number of nitrogens with two attached hydrogens (primary N) is 2. The van der Waals surface area contributed by atoms with E-state index < -0.39 is 0 Å². The number of rotatable bonds is 3. The maximum atomic E-state index is 5.27. The van der Waals surface area contributed by atoms with Crippen LogP contribution in [-0.4, -0.2) is 16.4 Å². The quantitative estimate of drug-likeness (QED) is 0.549. The van der Waals surface area contributed by atoms with Crippen LogP contribution in [0.25, 0.3) is 0 Å². The maximum Gasteiger partial charge on any atom is 0.191 e. The van der Waals surface area contributed by atoms with Gasteiger partial charge in [0.05, 0.1) is 11.9 Å². The number of para-hydroxylation sites is 1. The van der Waals surface area contributed by atoms with Gasteiger partial charge in [0, 0.05) is 5.69 Å². The van der Waals surface area contributed by atoms with Crippen LogP contribution in [-0.2, 0) is 0 Å². The molecule has 6 heteroatoms. The predicted octanol–water partition coefficient (Wildman–Crippen LogP) is 0.905. The van der Waals surface area contributed by atoms with Crippen molar-refractivity contribution in [3.05, 3.63) is 48.7 Å². The minimum absolute atomic E-state index is 0. The van der Waals surface area contributed by atoms with E-state index in [1.807, 2.05) is 36.4 Å². The zero-order chi connectivity index (χ0) is 12.1. The first-order valence-corrected chi connectivity index (χ1v) is 5.12. The molecule has 0 atom stereocenters. The van der Waals surface area contributed by atoms with Crippen molar-refractivity contribution in [2.24, 2.45) is 16.5 Å². The summed E-state index contributed by atoms with van der Waals surface area (Å²) in [5.74, 6) is 0.765. The number of nitrogens with zero attached hydrogens (tertiary/aromatic N) is 2. The lowest BCUT2D eigenvalue weighted by atomic mass is 10.3. The topological polar surface area (TPSA) is 121 Å². The summed E-state index contributed by atoms with van der Waals surface area (Å²) in [7, 11) is 0. The van der Waals surface area contributed by atoms with Crippen LogP contribution in [0.3, 0.4) is 0 Å². The highest BCUT2D eigenvalue weighted by Crippen LogP contribution is 2.16. The minimum atomic E-state index is 0. The lowest BCUT2D eigenvalue weighted by Gasteiger charge is -2.04. The first-order chi connectivity index (χ1) is 8.24. The maximum absolute atomic E-state index is 5.27. The Morgan fingerprint density at radius 3 is 2.33 bits per heavy atom. The number of pyridine rings is 1. The highest BCUT2D eigenvalue weighted by molar-refractivity contribution is 5.78. The summed E-state index contributed by atoms with van der Waals surface area (Å²) >= 11 is 0. The first kappa shape index (κ1) is 13.5. The third-order valence-corrected chi connectivity index (χ3v) is 2.05. The molecule has 0 bridgehead atoms. The molecule has 1 aromatic heterocycles. The fourth-order valence-corrected chi connectivity index (χ4v) is 1.34. The Bertz CT molecular complexity index is 506. The Morgan fingerprint density at radius 2 is 1.78 bits per heavy atom. The fraction of sp³-hybridized carbons (Fsp3) is 0. The molecule has 1 aromatic carbocycles. The molecular weight excluding hydrogens is 230 g/mol. The Labute approximate surface area is 105 Å². The highest BCUT2D eigenvalue weighted by atomic mass is 16.0. The smallest absolute Gasteiger partial charge is 0.191 e. The van der Waals surface area contributed by atoms with Crippen molar-refractivity contribution in [1.82, 2.24) is 4.98 Å². The molecule has 1 heterocycles. The third-order valence-electron chi connectivity index (χ3n) is 2.05. The molecule has 0 unspecified atom stereocenters. The van der Waals surface area contributed by atoms with Crippen molar-refractivity contribution in [2.45, 2.75) is 0 Å². The minimum Gasteiger partial charge on any atom is -0.412 e. The molecule has 0 amide bonds. The number of guanidine groups is 1. The van der Waals surface area contributed by atoms with Crippen LogP contribution in [0, 0.1) is 0 Å². The highest BCUT2D eigenvalue weighted by Gasteiger charge is 1.96. The van der Waals surface area contributed by atoms with Gasteiger partial charge in [-0.1, -0.05) is 18.2 Å². The molecule has 18 heavy (non-hydrogen) atoms. The molecule has 0 aliphatic rings. The average molecular weight is 245 g/mol. The van der Waals surface area contributed by atoms with Gasteiger partial charge in [0.15, 0.2) is 5.96 Å². The molecule has 0 spiro atoms. The zero-order valence-electron chi connectivity index (χ0n) is 9.67. The number of hydrogen-bond acceptors (Lipinski definition) is 3. The zero-order valence-corrected chi connectivity index (χ0v) is 9.67. The summed E-state index contributed by atoms with van der Waals surface area (Å²) in [6.45, 7) is 0. The normalized spacial score (nSPS) is 9.11. The molecule has 0 saturated heterocycles. The van der Waals surface area contributed by atoms with Gasteiger partial charge in [-0.3, -0.25) is 0 Å². The van der Waals surface area contributed by atoms with E-state index in [-0.39, 0.29) is 11.4 Å². The van der Waals surface area contributed by atoms with E-state index in [2.05, 4.69) is 15.3 Å². The Hall–Kier alpha value is -2.60. The van der Waals surface area contributed by atoms with Crippen molar-refractivity contribution in [1.29, 1.82) is 0 Å². The van der Waals surface area contributed by atoms with Gasteiger partial charge < -0.3 is 22.3 Å². The van der Waals surface area contributed by atoms with Crippen LogP contribution in [0.4, 0.5) is 17.2 Å². The molecule has 94 valence electrons. The number of anilines is 2. The summed E-state index contributed by atoms with van der Waals surface area (Å²) in [4.78, 5) is 8.09. The number of aliphatic imine (C=N–C) groups is 1. The summed E-state index contributed by atoms with van der Waals surface area (Å²) < 4.78 is 0. The largest absolute Gasteiger partial charge is 0.412 e. The van der Waals surface area contributed by atoms with Crippen molar-refractivity contribution in [3.63, 3.8) is 0 Å². The Kier molecular flexibility index (Phi) is 4.65. The van der Waals surface area contributed by atoms with E-state index in [0.29, 0.717) is 5.69 Å². The van der Waals surface area contributed by atoms with Gasteiger partial charge in [0.1, 0.15) is 5.82 Å². The first-order valence-electron chi connectivity index (χ1n) is 5.12. The summed E-state index contributed by atoms with van der Waals surface area (Å²) in [5, 5.41) is 3.16. The SMILES string of the molecule is NC(N)=Nc1ccc(Nc2ccccc2)nc1.O. The predicted molar refractivity (Wildman–Crippen MR) is 73.0 cm³/mol.